The van der Waals surface area contributed by atoms with Gasteiger partial charge in [0.2, 0.25) is 0 Å². The minimum Gasteiger partial charge on any atom is -0.497 e. The molecule has 0 saturated heterocycles. The standard InChI is InChI=1S/C17H14N4O2S/c1-22-13-7-5-12(6-8-13)15-10-14(23-20-15)11-24-17-19-18-16-4-2-3-9-21(16)17/h2-10H,11H2,1H3. The fourth-order valence-corrected chi connectivity index (χ4v) is 3.13. The van der Waals surface area contributed by atoms with Crippen LogP contribution in [0.3, 0.4) is 0 Å². The zero-order chi connectivity index (χ0) is 16.4. The molecule has 3 heterocycles. The monoisotopic (exact) mass is 338 g/mol. The van der Waals surface area contributed by atoms with Crippen molar-refractivity contribution in [1.29, 1.82) is 0 Å². The molecule has 0 N–H and O–H groups in total. The highest BCUT2D eigenvalue weighted by Gasteiger charge is 2.10. The fraction of sp³-hybridized carbons (Fsp3) is 0.118. The van der Waals surface area contributed by atoms with E-state index in [0.29, 0.717) is 5.75 Å². The molecule has 3 aromatic heterocycles. The number of hydrogen-bond donors (Lipinski definition) is 0. The summed E-state index contributed by atoms with van der Waals surface area (Å²) in [7, 11) is 1.65. The van der Waals surface area contributed by atoms with Gasteiger partial charge in [0, 0.05) is 17.8 Å². The first-order valence-electron chi connectivity index (χ1n) is 7.36. The van der Waals surface area contributed by atoms with Crippen LogP contribution in [0.15, 0.2) is 64.4 Å². The zero-order valence-electron chi connectivity index (χ0n) is 12.9. The molecule has 0 saturated carbocycles. The molecule has 4 rings (SSSR count). The molecule has 0 atom stereocenters. The number of rotatable bonds is 5. The second-order valence-electron chi connectivity index (χ2n) is 5.11. The van der Waals surface area contributed by atoms with Crippen LogP contribution in [0.25, 0.3) is 16.9 Å². The third-order valence-corrected chi connectivity index (χ3v) is 4.54. The smallest absolute Gasteiger partial charge is 0.196 e. The van der Waals surface area contributed by atoms with Crippen molar-refractivity contribution in [3.8, 4) is 17.0 Å². The summed E-state index contributed by atoms with van der Waals surface area (Å²) in [5, 5.41) is 13.3. The summed E-state index contributed by atoms with van der Waals surface area (Å²) in [4.78, 5) is 0. The Hall–Kier alpha value is -2.80. The van der Waals surface area contributed by atoms with Crippen LogP contribution in [0, 0.1) is 0 Å². The fourth-order valence-electron chi connectivity index (χ4n) is 2.33. The molecular weight excluding hydrogens is 324 g/mol. The molecular formula is C17H14N4O2S. The van der Waals surface area contributed by atoms with Crippen LogP contribution >= 0.6 is 11.8 Å². The molecule has 0 aliphatic heterocycles. The van der Waals surface area contributed by atoms with E-state index in [2.05, 4.69) is 15.4 Å². The number of hydrogen-bond acceptors (Lipinski definition) is 6. The number of methoxy groups -OCH3 is 1. The van der Waals surface area contributed by atoms with E-state index >= 15 is 0 Å². The lowest BCUT2D eigenvalue weighted by atomic mass is 10.1. The lowest BCUT2D eigenvalue weighted by Gasteiger charge is -1.99. The van der Waals surface area contributed by atoms with E-state index in [1.165, 1.54) is 0 Å². The molecule has 1 aromatic carbocycles. The van der Waals surface area contributed by atoms with Crippen LogP contribution < -0.4 is 4.74 Å². The molecule has 0 aliphatic carbocycles. The molecule has 0 fully saturated rings. The van der Waals surface area contributed by atoms with E-state index in [1.807, 2.05) is 59.1 Å². The Balaban J connectivity index is 1.48. The third kappa shape index (κ3) is 2.85. The van der Waals surface area contributed by atoms with Crippen LogP contribution in [0.2, 0.25) is 0 Å². The molecule has 24 heavy (non-hydrogen) atoms. The Morgan fingerprint density at radius 1 is 1.12 bits per heavy atom. The SMILES string of the molecule is COc1ccc(-c2cc(CSc3nnc4ccccn34)on2)cc1. The van der Waals surface area contributed by atoms with Gasteiger partial charge in [-0.1, -0.05) is 23.0 Å². The van der Waals surface area contributed by atoms with Crippen molar-refractivity contribution in [3.63, 3.8) is 0 Å². The first-order valence-corrected chi connectivity index (χ1v) is 8.34. The molecule has 0 unspecified atom stereocenters. The minimum absolute atomic E-state index is 0.638. The summed E-state index contributed by atoms with van der Waals surface area (Å²) < 4.78 is 12.5. The van der Waals surface area contributed by atoms with Gasteiger partial charge in [-0.3, -0.25) is 4.40 Å². The molecule has 0 spiro atoms. The van der Waals surface area contributed by atoms with Gasteiger partial charge in [0.25, 0.3) is 0 Å². The van der Waals surface area contributed by atoms with Crippen LogP contribution in [0.1, 0.15) is 5.76 Å². The van der Waals surface area contributed by atoms with Gasteiger partial charge in [-0.05, 0) is 36.4 Å². The van der Waals surface area contributed by atoms with Gasteiger partial charge in [-0.2, -0.15) is 0 Å². The Morgan fingerprint density at radius 3 is 2.83 bits per heavy atom. The first kappa shape index (κ1) is 14.8. The van der Waals surface area contributed by atoms with Gasteiger partial charge >= 0.3 is 0 Å². The van der Waals surface area contributed by atoms with Gasteiger partial charge in [0.05, 0.1) is 12.9 Å². The van der Waals surface area contributed by atoms with Gasteiger partial charge in [-0.25, -0.2) is 0 Å². The van der Waals surface area contributed by atoms with Crippen molar-refractivity contribution in [2.45, 2.75) is 10.9 Å². The van der Waals surface area contributed by atoms with Crippen LogP contribution in [0.4, 0.5) is 0 Å². The van der Waals surface area contributed by atoms with Crippen LogP contribution in [-0.4, -0.2) is 26.9 Å². The van der Waals surface area contributed by atoms with E-state index in [0.717, 1.165) is 33.6 Å². The van der Waals surface area contributed by atoms with Crippen molar-refractivity contribution >= 4 is 17.4 Å². The maximum absolute atomic E-state index is 5.43. The molecule has 120 valence electrons. The number of thioether (sulfide) groups is 1. The van der Waals surface area contributed by atoms with Crippen molar-refractivity contribution in [2.75, 3.05) is 7.11 Å². The summed E-state index contributed by atoms with van der Waals surface area (Å²) >= 11 is 1.56. The average molecular weight is 338 g/mol. The van der Waals surface area contributed by atoms with Crippen molar-refractivity contribution in [1.82, 2.24) is 19.8 Å². The maximum Gasteiger partial charge on any atom is 0.196 e. The number of benzene rings is 1. The Morgan fingerprint density at radius 2 is 2.00 bits per heavy atom. The Labute approximate surface area is 142 Å². The highest BCUT2D eigenvalue weighted by molar-refractivity contribution is 7.98. The van der Waals surface area contributed by atoms with Crippen molar-refractivity contribution in [2.24, 2.45) is 0 Å². The summed E-state index contributed by atoms with van der Waals surface area (Å²) in [5.41, 5.74) is 2.62. The average Bonchev–Trinajstić information content (AvgIpc) is 3.27. The predicted molar refractivity (Wildman–Crippen MR) is 91.0 cm³/mol. The molecule has 0 radical (unpaired) electrons. The quantitative estimate of drug-likeness (QED) is 0.517. The highest BCUT2D eigenvalue weighted by Crippen LogP contribution is 2.26. The van der Waals surface area contributed by atoms with Gasteiger partial charge in [0.1, 0.15) is 17.2 Å². The second-order valence-corrected chi connectivity index (χ2v) is 6.05. The first-order chi connectivity index (χ1) is 11.8. The van der Waals surface area contributed by atoms with Gasteiger partial charge in [0.15, 0.2) is 10.8 Å². The number of fused-ring (bicyclic) bond motifs is 1. The summed E-state index contributed by atoms with van der Waals surface area (Å²) in [5.74, 6) is 2.24. The zero-order valence-corrected chi connectivity index (χ0v) is 13.7. The number of ether oxygens (including phenoxy) is 1. The largest absolute Gasteiger partial charge is 0.497 e. The predicted octanol–water partition coefficient (Wildman–Crippen LogP) is 3.69. The molecule has 7 heteroatoms. The lowest BCUT2D eigenvalue weighted by molar-refractivity contribution is 0.397. The molecule has 0 amide bonds. The summed E-state index contributed by atoms with van der Waals surface area (Å²) in [6.45, 7) is 0. The van der Waals surface area contributed by atoms with Gasteiger partial charge in [-0.15, -0.1) is 10.2 Å². The second kappa shape index (κ2) is 6.37. The minimum atomic E-state index is 0.638. The number of nitrogens with zero attached hydrogens (tertiary/aromatic N) is 4. The van der Waals surface area contributed by atoms with E-state index < -0.39 is 0 Å². The summed E-state index contributed by atoms with van der Waals surface area (Å²) in [6.07, 6.45) is 1.95. The molecule has 0 bridgehead atoms. The molecule has 6 nitrogen and oxygen atoms in total. The topological polar surface area (TPSA) is 65.5 Å². The van der Waals surface area contributed by atoms with E-state index in [1.54, 1.807) is 18.9 Å². The molecule has 4 aromatic rings. The lowest BCUT2D eigenvalue weighted by Crippen LogP contribution is -1.86. The van der Waals surface area contributed by atoms with Crippen LogP contribution in [0.5, 0.6) is 5.75 Å². The van der Waals surface area contributed by atoms with Crippen molar-refractivity contribution < 1.29 is 9.26 Å². The Bertz CT molecular complexity index is 962. The van der Waals surface area contributed by atoms with E-state index in [4.69, 9.17) is 9.26 Å². The van der Waals surface area contributed by atoms with E-state index in [-0.39, 0.29) is 0 Å². The van der Waals surface area contributed by atoms with Crippen molar-refractivity contribution in [3.05, 3.63) is 60.5 Å². The molecule has 0 aliphatic rings. The number of aromatic nitrogens is 4. The van der Waals surface area contributed by atoms with Crippen LogP contribution in [-0.2, 0) is 5.75 Å². The Kier molecular flexibility index (Phi) is 3.92. The van der Waals surface area contributed by atoms with E-state index in [9.17, 15) is 0 Å². The highest BCUT2D eigenvalue weighted by atomic mass is 32.2. The summed E-state index contributed by atoms with van der Waals surface area (Å²) in [6, 6.07) is 15.5. The normalized spacial score (nSPS) is 11.0. The number of pyridine rings is 1. The third-order valence-electron chi connectivity index (χ3n) is 3.57. The van der Waals surface area contributed by atoms with Gasteiger partial charge < -0.3 is 9.26 Å². The maximum atomic E-state index is 5.43.